The third-order valence-electron chi connectivity index (χ3n) is 4.44. The van der Waals surface area contributed by atoms with Gasteiger partial charge in [-0.1, -0.05) is 19.1 Å². The number of carbonyl (C=O) groups is 2. The minimum Gasteiger partial charge on any atom is -0.378 e. The predicted molar refractivity (Wildman–Crippen MR) is 113 cm³/mol. The Labute approximate surface area is 164 Å². The summed E-state index contributed by atoms with van der Waals surface area (Å²) in [6.07, 6.45) is 1.32. The summed E-state index contributed by atoms with van der Waals surface area (Å²) in [6.45, 7) is 1.98. The van der Waals surface area contributed by atoms with Crippen molar-refractivity contribution in [1.29, 1.82) is 0 Å². The topological polar surface area (TPSA) is 52.7 Å². The molecule has 1 saturated heterocycles. The van der Waals surface area contributed by atoms with E-state index in [1.165, 1.54) is 0 Å². The van der Waals surface area contributed by atoms with Gasteiger partial charge in [0.15, 0.2) is 0 Å². The number of hydrogen-bond donors (Lipinski definition) is 1. The average molecular weight is 384 g/mol. The lowest BCUT2D eigenvalue weighted by Crippen LogP contribution is -2.27. The van der Waals surface area contributed by atoms with Gasteiger partial charge in [0.2, 0.25) is 11.8 Å². The molecule has 1 atom stereocenters. The number of benzene rings is 2. The molecule has 2 aromatic rings. The molecule has 3 rings (SSSR count). The largest absolute Gasteiger partial charge is 0.378 e. The lowest BCUT2D eigenvalue weighted by molar-refractivity contribution is -0.116. The molecular formula is C21H25N3O2S. The van der Waals surface area contributed by atoms with Gasteiger partial charge in [-0.2, -0.15) is 0 Å². The molecule has 1 heterocycles. The zero-order valence-electron chi connectivity index (χ0n) is 15.9. The summed E-state index contributed by atoms with van der Waals surface area (Å²) >= 11 is 1.61. The third-order valence-corrected chi connectivity index (χ3v) is 5.66. The minimum absolute atomic E-state index is 0.0148. The van der Waals surface area contributed by atoms with E-state index in [4.69, 9.17) is 0 Å². The molecule has 0 saturated carbocycles. The lowest BCUT2D eigenvalue weighted by atomic mass is 10.1. The molecule has 0 aromatic heterocycles. The predicted octanol–water partition coefficient (Wildman–Crippen LogP) is 4.27. The maximum Gasteiger partial charge on any atom is 0.238 e. The van der Waals surface area contributed by atoms with Gasteiger partial charge in [0.05, 0.1) is 5.75 Å². The number of rotatable bonds is 6. The molecule has 142 valence electrons. The summed E-state index contributed by atoms with van der Waals surface area (Å²) < 4.78 is 0. The quantitative estimate of drug-likeness (QED) is 0.809. The van der Waals surface area contributed by atoms with E-state index in [0.29, 0.717) is 12.2 Å². The van der Waals surface area contributed by atoms with E-state index in [2.05, 4.69) is 5.32 Å². The zero-order valence-corrected chi connectivity index (χ0v) is 16.8. The van der Waals surface area contributed by atoms with E-state index >= 15 is 0 Å². The first kappa shape index (κ1) is 19.3. The summed E-state index contributed by atoms with van der Waals surface area (Å²) in [4.78, 5) is 28.3. The Morgan fingerprint density at radius 1 is 1.22 bits per heavy atom. The third kappa shape index (κ3) is 4.45. The molecule has 5 nitrogen and oxygen atoms in total. The second-order valence-electron chi connectivity index (χ2n) is 6.76. The Morgan fingerprint density at radius 3 is 2.63 bits per heavy atom. The van der Waals surface area contributed by atoms with Gasteiger partial charge < -0.3 is 10.2 Å². The molecule has 1 aliphatic heterocycles. The highest BCUT2D eigenvalue weighted by Crippen LogP contribution is 2.42. The number of nitrogens with zero attached hydrogens (tertiary/aromatic N) is 2. The fourth-order valence-electron chi connectivity index (χ4n) is 3.08. The fraction of sp³-hybridized carbons (Fsp3) is 0.333. The van der Waals surface area contributed by atoms with Gasteiger partial charge in [0.1, 0.15) is 5.37 Å². The summed E-state index contributed by atoms with van der Waals surface area (Å²) in [5.74, 6) is 0.566. The van der Waals surface area contributed by atoms with Crippen LogP contribution in [0.25, 0.3) is 0 Å². The van der Waals surface area contributed by atoms with E-state index in [1.807, 2.05) is 79.3 Å². The van der Waals surface area contributed by atoms with E-state index in [-0.39, 0.29) is 17.2 Å². The van der Waals surface area contributed by atoms with Crippen molar-refractivity contribution in [2.75, 3.05) is 35.0 Å². The van der Waals surface area contributed by atoms with E-state index in [0.717, 1.165) is 29.0 Å². The normalized spacial score (nSPS) is 16.5. The summed E-state index contributed by atoms with van der Waals surface area (Å²) in [7, 11) is 3.99. The van der Waals surface area contributed by atoms with E-state index in [1.54, 1.807) is 11.8 Å². The van der Waals surface area contributed by atoms with Crippen LogP contribution in [-0.4, -0.2) is 31.7 Å². The van der Waals surface area contributed by atoms with Crippen molar-refractivity contribution in [3.05, 3.63) is 54.1 Å². The van der Waals surface area contributed by atoms with Gasteiger partial charge in [0, 0.05) is 37.6 Å². The van der Waals surface area contributed by atoms with Crippen LogP contribution in [0.5, 0.6) is 0 Å². The van der Waals surface area contributed by atoms with Crippen molar-refractivity contribution < 1.29 is 9.59 Å². The molecule has 2 amide bonds. The molecule has 0 radical (unpaired) electrons. The number of thioether (sulfide) groups is 1. The van der Waals surface area contributed by atoms with Crippen LogP contribution in [-0.2, 0) is 9.59 Å². The minimum atomic E-state index is -0.0919. The molecule has 2 aromatic carbocycles. The number of anilines is 3. The summed E-state index contributed by atoms with van der Waals surface area (Å²) in [5, 5.41) is 2.84. The Kier molecular flexibility index (Phi) is 6.06. The number of carbonyl (C=O) groups excluding carboxylic acids is 2. The molecule has 0 aliphatic carbocycles. The summed E-state index contributed by atoms with van der Waals surface area (Å²) in [5.41, 5.74) is 3.77. The molecule has 27 heavy (non-hydrogen) atoms. The van der Waals surface area contributed by atoms with Crippen molar-refractivity contribution in [1.82, 2.24) is 0 Å². The van der Waals surface area contributed by atoms with Crippen LogP contribution in [0.3, 0.4) is 0 Å². The Morgan fingerprint density at radius 2 is 1.96 bits per heavy atom. The highest BCUT2D eigenvalue weighted by molar-refractivity contribution is 8.00. The van der Waals surface area contributed by atoms with Gasteiger partial charge >= 0.3 is 0 Å². The molecule has 1 aliphatic rings. The van der Waals surface area contributed by atoms with Crippen LogP contribution < -0.4 is 15.1 Å². The maximum atomic E-state index is 12.6. The average Bonchev–Trinajstić information content (AvgIpc) is 3.03. The zero-order chi connectivity index (χ0) is 19.4. The molecule has 0 bridgehead atoms. The van der Waals surface area contributed by atoms with Gasteiger partial charge in [-0.3, -0.25) is 14.5 Å². The Hall–Kier alpha value is -2.47. The van der Waals surface area contributed by atoms with E-state index < -0.39 is 0 Å². The van der Waals surface area contributed by atoms with Crippen LogP contribution in [0.1, 0.15) is 30.7 Å². The molecule has 0 spiro atoms. The highest BCUT2D eigenvalue weighted by atomic mass is 32.2. The number of amides is 2. The first-order valence-electron chi connectivity index (χ1n) is 9.10. The van der Waals surface area contributed by atoms with Crippen LogP contribution in [0.4, 0.5) is 17.1 Å². The van der Waals surface area contributed by atoms with Crippen LogP contribution in [0, 0.1) is 0 Å². The van der Waals surface area contributed by atoms with Crippen molar-refractivity contribution in [3.8, 4) is 0 Å². The van der Waals surface area contributed by atoms with Gasteiger partial charge in [0.25, 0.3) is 0 Å². The monoisotopic (exact) mass is 383 g/mol. The Bertz CT molecular complexity index is 820. The van der Waals surface area contributed by atoms with Gasteiger partial charge in [-0.05, 0) is 48.4 Å². The smallest absolute Gasteiger partial charge is 0.238 e. The van der Waals surface area contributed by atoms with Crippen LogP contribution >= 0.6 is 11.8 Å². The Balaban J connectivity index is 1.84. The molecule has 1 fully saturated rings. The second kappa shape index (κ2) is 8.48. The molecule has 6 heteroatoms. The van der Waals surface area contributed by atoms with Crippen molar-refractivity contribution >= 4 is 40.6 Å². The molecule has 1 N–H and O–H groups in total. The number of nitrogens with one attached hydrogen (secondary N) is 1. The molecular weight excluding hydrogens is 358 g/mol. The van der Waals surface area contributed by atoms with Crippen molar-refractivity contribution in [3.63, 3.8) is 0 Å². The first-order chi connectivity index (χ1) is 13.0. The first-order valence-corrected chi connectivity index (χ1v) is 10.2. The lowest BCUT2D eigenvalue weighted by Gasteiger charge is -2.25. The second-order valence-corrected chi connectivity index (χ2v) is 7.83. The standard InChI is InChI=1S/C21H25N3O2S/c1-4-6-19(25)22-16-8-5-7-15(13-16)21-24(20(26)14-27-21)18-11-9-17(10-12-18)23(2)3/h5,7-13,21H,4,6,14H2,1-3H3,(H,22,25)/t21-/m1/s1. The van der Waals surface area contributed by atoms with Gasteiger partial charge in [-0.15, -0.1) is 11.8 Å². The van der Waals surface area contributed by atoms with Gasteiger partial charge in [-0.25, -0.2) is 0 Å². The van der Waals surface area contributed by atoms with Crippen molar-refractivity contribution in [2.45, 2.75) is 25.1 Å². The summed E-state index contributed by atoms with van der Waals surface area (Å²) in [6, 6.07) is 15.8. The van der Waals surface area contributed by atoms with Crippen LogP contribution in [0.2, 0.25) is 0 Å². The van der Waals surface area contributed by atoms with Crippen molar-refractivity contribution in [2.24, 2.45) is 0 Å². The SMILES string of the molecule is CCCC(=O)Nc1cccc([C@H]2SCC(=O)N2c2ccc(N(C)C)cc2)c1. The maximum absolute atomic E-state index is 12.6. The van der Waals surface area contributed by atoms with E-state index in [9.17, 15) is 9.59 Å². The number of hydrogen-bond acceptors (Lipinski definition) is 4. The van der Waals surface area contributed by atoms with Crippen LogP contribution in [0.15, 0.2) is 48.5 Å². The fourth-order valence-corrected chi connectivity index (χ4v) is 4.25. The highest BCUT2D eigenvalue weighted by Gasteiger charge is 2.34. The molecule has 0 unspecified atom stereocenters.